The Balaban J connectivity index is 1.46. The molecule has 0 spiro atoms. The molecule has 0 unspecified atom stereocenters. The first-order valence-electron chi connectivity index (χ1n) is 8.64. The Bertz CT molecular complexity index is 743. The number of nitro benzene ring substituents is 1. The number of ether oxygens (including phenoxy) is 1. The van der Waals surface area contributed by atoms with Crippen molar-refractivity contribution < 1.29 is 14.2 Å². The molecular weight excluding hydrogens is 324 g/mol. The molecule has 2 heterocycles. The quantitative estimate of drug-likeness (QED) is 0.621. The highest BCUT2D eigenvalue weighted by molar-refractivity contribution is 5.56. The van der Waals surface area contributed by atoms with E-state index in [9.17, 15) is 10.1 Å². The van der Waals surface area contributed by atoms with E-state index in [1.165, 1.54) is 25.0 Å². The highest BCUT2D eigenvalue weighted by Crippen LogP contribution is 2.29. The van der Waals surface area contributed by atoms with Crippen LogP contribution in [0.2, 0.25) is 0 Å². The molecule has 4 rings (SSSR count). The number of hydrogen-bond donors (Lipinski definition) is 0. The summed E-state index contributed by atoms with van der Waals surface area (Å²) in [5.74, 6) is 1.03. The highest BCUT2D eigenvalue weighted by atomic mass is 16.6. The molecule has 1 saturated heterocycles. The predicted molar refractivity (Wildman–Crippen MR) is 88.8 cm³/mol. The molecule has 2 atom stereocenters. The third-order valence-corrected chi connectivity index (χ3v) is 4.99. The summed E-state index contributed by atoms with van der Waals surface area (Å²) in [5.41, 5.74) is 0.752. The average molecular weight is 344 g/mol. The first kappa shape index (κ1) is 16.2. The van der Waals surface area contributed by atoms with E-state index in [1.54, 1.807) is 12.1 Å². The lowest BCUT2D eigenvalue weighted by atomic mass is 9.90. The number of rotatable bonds is 4. The summed E-state index contributed by atoms with van der Waals surface area (Å²) in [6.07, 6.45) is 5.06. The van der Waals surface area contributed by atoms with Crippen LogP contribution in [0.25, 0.3) is 11.4 Å². The molecule has 1 aromatic carbocycles. The molecule has 1 aliphatic carbocycles. The molecule has 0 N–H and O–H groups in total. The zero-order chi connectivity index (χ0) is 17.2. The Morgan fingerprint density at radius 1 is 1.24 bits per heavy atom. The average Bonchev–Trinajstić information content (AvgIpc) is 3.11. The van der Waals surface area contributed by atoms with Crippen molar-refractivity contribution in [2.24, 2.45) is 0 Å². The van der Waals surface area contributed by atoms with Crippen LogP contribution < -0.4 is 0 Å². The minimum atomic E-state index is -0.426. The number of benzene rings is 1. The number of nitro groups is 1. The summed E-state index contributed by atoms with van der Waals surface area (Å²) in [5, 5.41) is 14.7. The van der Waals surface area contributed by atoms with Gasteiger partial charge < -0.3 is 9.26 Å². The van der Waals surface area contributed by atoms with Gasteiger partial charge >= 0.3 is 0 Å². The smallest absolute Gasteiger partial charge is 0.269 e. The number of non-ortho nitro benzene ring substituents is 1. The number of morpholine rings is 1. The van der Waals surface area contributed by atoms with Gasteiger partial charge in [-0.2, -0.15) is 4.98 Å². The molecule has 1 aliphatic heterocycles. The van der Waals surface area contributed by atoms with Gasteiger partial charge in [0.05, 0.1) is 24.2 Å². The summed E-state index contributed by atoms with van der Waals surface area (Å²) in [7, 11) is 0. The molecular formula is C17H20N4O4. The molecule has 8 heteroatoms. The monoisotopic (exact) mass is 344 g/mol. The van der Waals surface area contributed by atoms with Gasteiger partial charge in [0.1, 0.15) is 0 Å². The normalized spacial score (nSPS) is 24.0. The number of aromatic nitrogens is 2. The van der Waals surface area contributed by atoms with E-state index in [0.717, 1.165) is 26.0 Å². The molecule has 2 aliphatic rings. The SMILES string of the molecule is O=[N+]([O-])c1ccc(-c2noc(CN3CCO[C@@H]4CCCC[C@@H]43)n2)cc1. The van der Waals surface area contributed by atoms with Crippen LogP contribution in [0.5, 0.6) is 0 Å². The molecule has 1 saturated carbocycles. The topological polar surface area (TPSA) is 94.5 Å². The van der Waals surface area contributed by atoms with E-state index >= 15 is 0 Å². The Kier molecular flexibility index (Phi) is 4.46. The van der Waals surface area contributed by atoms with Gasteiger partial charge in [-0.1, -0.05) is 18.0 Å². The summed E-state index contributed by atoms with van der Waals surface area (Å²) in [6, 6.07) is 6.59. The van der Waals surface area contributed by atoms with Crippen LogP contribution in [0.3, 0.4) is 0 Å². The van der Waals surface area contributed by atoms with Gasteiger partial charge in [-0.05, 0) is 25.0 Å². The van der Waals surface area contributed by atoms with Crippen molar-refractivity contribution in [3.05, 3.63) is 40.3 Å². The lowest BCUT2D eigenvalue weighted by Crippen LogP contribution is -2.52. The Morgan fingerprint density at radius 3 is 2.84 bits per heavy atom. The van der Waals surface area contributed by atoms with E-state index in [-0.39, 0.29) is 5.69 Å². The maximum atomic E-state index is 10.7. The molecule has 0 bridgehead atoms. The van der Waals surface area contributed by atoms with Crippen LogP contribution in [-0.2, 0) is 11.3 Å². The zero-order valence-corrected chi connectivity index (χ0v) is 13.8. The van der Waals surface area contributed by atoms with Gasteiger partial charge in [0.15, 0.2) is 0 Å². The minimum absolute atomic E-state index is 0.0455. The summed E-state index contributed by atoms with van der Waals surface area (Å²) in [6.45, 7) is 2.23. The Morgan fingerprint density at radius 2 is 2.04 bits per heavy atom. The largest absolute Gasteiger partial charge is 0.375 e. The molecule has 2 aromatic rings. The molecule has 2 fully saturated rings. The lowest BCUT2D eigenvalue weighted by Gasteiger charge is -2.43. The van der Waals surface area contributed by atoms with Crippen molar-refractivity contribution in [3.8, 4) is 11.4 Å². The maximum Gasteiger partial charge on any atom is 0.269 e. The Hall–Kier alpha value is -2.32. The number of nitrogens with zero attached hydrogens (tertiary/aromatic N) is 4. The van der Waals surface area contributed by atoms with Crippen LogP contribution in [0, 0.1) is 10.1 Å². The van der Waals surface area contributed by atoms with Crippen molar-refractivity contribution in [2.45, 2.75) is 44.4 Å². The van der Waals surface area contributed by atoms with E-state index in [2.05, 4.69) is 15.0 Å². The van der Waals surface area contributed by atoms with Crippen LogP contribution in [0.1, 0.15) is 31.6 Å². The highest BCUT2D eigenvalue weighted by Gasteiger charge is 2.34. The second-order valence-corrected chi connectivity index (χ2v) is 6.55. The third kappa shape index (κ3) is 3.40. The summed E-state index contributed by atoms with van der Waals surface area (Å²) >= 11 is 0. The van der Waals surface area contributed by atoms with Crippen LogP contribution in [0.15, 0.2) is 28.8 Å². The Labute approximate surface area is 144 Å². The predicted octanol–water partition coefficient (Wildman–Crippen LogP) is 2.79. The molecule has 0 amide bonds. The van der Waals surface area contributed by atoms with Gasteiger partial charge in [-0.3, -0.25) is 15.0 Å². The fourth-order valence-electron chi connectivity index (χ4n) is 3.72. The van der Waals surface area contributed by atoms with Crippen molar-refractivity contribution in [1.29, 1.82) is 0 Å². The standard InChI is InChI=1S/C17H20N4O4/c22-21(23)13-7-5-12(6-8-13)17-18-16(25-19-17)11-20-9-10-24-15-4-2-1-3-14(15)20/h5-8,14-15H,1-4,9-11H2/t14-,15+/m0/s1. The maximum absolute atomic E-state index is 10.7. The van der Waals surface area contributed by atoms with E-state index in [0.29, 0.717) is 36.0 Å². The number of hydrogen-bond acceptors (Lipinski definition) is 7. The van der Waals surface area contributed by atoms with Crippen molar-refractivity contribution >= 4 is 5.69 Å². The van der Waals surface area contributed by atoms with Crippen molar-refractivity contribution in [1.82, 2.24) is 15.0 Å². The molecule has 132 valence electrons. The van der Waals surface area contributed by atoms with Gasteiger partial charge in [-0.15, -0.1) is 0 Å². The van der Waals surface area contributed by atoms with Crippen LogP contribution in [-0.4, -0.2) is 45.3 Å². The lowest BCUT2D eigenvalue weighted by molar-refractivity contribution is -0.384. The second-order valence-electron chi connectivity index (χ2n) is 6.55. The molecule has 25 heavy (non-hydrogen) atoms. The van der Waals surface area contributed by atoms with E-state index < -0.39 is 4.92 Å². The molecule has 0 radical (unpaired) electrons. The van der Waals surface area contributed by atoms with Gasteiger partial charge in [0.25, 0.3) is 5.69 Å². The van der Waals surface area contributed by atoms with E-state index in [4.69, 9.17) is 9.26 Å². The third-order valence-electron chi connectivity index (χ3n) is 4.99. The van der Waals surface area contributed by atoms with E-state index in [1.807, 2.05) is 0 Å². The van der Waals surface area contributed by atoms with Crippen LogP contribution >= 0.6 is 0 Å². The second kappa shape index (κ2) is 6.89. The molecule has 1 aromatic heterocycles. The zero-order valence-electron chi connectivity index (χ0n) is 13.8. The molecule has 8 nitrogen and oxygen atoms in total. The summed E-state index contributed by atoms with van der Waals surface area (Å²) < 4.78 is 11.3. The van der Waals surface area contributed by atoms with Gasteiger partial charge in [-0.25, -0.2) is 0 Å². The van der Waals surface area contributed by atoms with Crippen LogP contribution in [0.4, 0.5) is 5.69 Å². The van der Waals surface area contributed by atoms with Crippen molar-refractivity contribution in [3.63, 3.8) is 0 Å². The first-order chi connectivity index (χ1) is 12.2. The first-order valence-corrected chi connectivity index (χ1v) is 8.64. The van der Waals surface area contributed by atoms with Crippen molar-refractivity contribution in [2.75, 3.05) is 13.2 Å². The number of fused-ring (bicyclic) bond motifs is 1. The summed E-state index contributed by atoms with van der Waals surface area (Å²) in [4.78, 5) is 17.1. The minimum Gasteiger partial charge on any atom is -0.375 e. The van der Waals surface area contributed by atoms with Gasteiger partial charge in [0.2, 0.25) is 11.7 Å². The fraction of sp³-hybridized carbons (Fsp3) is 0.529. The fourth-order valence-corrected chi connectivity index (χ4v) is 3.72. The van der Waals surface area contributed by atoms with Gasteiger partial charge in [0, 0.05) is 30.3 Å².